The molecule has 2 aliphatic rings. The van der Waals surface area contributed by atoms with Gasteiger partial charge in [-0.2, -0.15) is 13.2 Å². The van der Waals surface area contributed by atoms with Gasteiger partial charge in [0.2, 0.25) is 11.8 Å². The zero-order valence-corrected chi connectivity index (χ0v) is 14.6. The monoisotopic (exact) mass is 386 g/mol. The van der Waals surface area contributed by atoms with E-state index in [1.165, 1.54) is 17.0 Å². The minimum Gasteiger partial charge on any atom is -0.341 e. The number of benzene rings is 1. The van der Waals surface area contributed by atoms with E-state index in [1.807, 2.05) is 0 Å². The third-order valence-corrected chi connectivity index (χ3v) is 5.41. The summed E-state index contributed by atoms with van der Waals surface area (Å²) in [5.41, 5.74) is -0.0591. The van der Waals surface area contributed by atoms with E-state index in [1.54, 1.807) is 4.90 Å². The molecule has 0 saturated carbocycles. The fourth-order valence-corrected chi connectivity index (χ4v) is 3.94. The molecule has 1 aromatic rings. The second kappa shape index (κ2) is 7.30. The molecule has 0 unspecified atom stereocenters. The molecule has 0 spiro atoms. The van der Waals surface area contributed by atoms with E-state index in [4.69, 9.17) is 0 Å². The van der Waals surface area contributed by atoms with Crippen LogP contribution in [0.4, 0.5) is 18.0 Å². The summed E-state index contributed by atoms with van der Waals surface area (Å²) < 4.78 is 37.6. The van der Waals surface area contributed by atoms with Gasteiger partial charge in [-0.15, -0.1) is 0 Å². The third kappa shape index (κ3) is 4.03. The molecule has 140 valence electrons. The Morgan fingerprint density at radius 3 is 2.46 bits per heavy atom. The van der Waals surface area contributed by atoms with E-state index in [2.05, 4.69) is 0 Å². The number of imide groups is 1. The third-order valence-electron chi connectivity index (χ3n) is 4.57. The van der Waals surface area contributed by atoms with Crippen LogP contribution < -0.4 is 0 Å². The molecule has 5 nitrogen and oxygen atoms in total. The second-order valence-corrected chi connectivity index (χ2v) is 7.22. The Morgan fingerprint density at radius 2 is 1.88 bits per heavy atom. The van der Waals surface area contributed by atoms with Crippen molar-refractivity contribution in [1.29, 1.82) is 0 Å². The van der Waals surface area contributed by atoms with Crippen LogP contribution >= 0.6 is 11.8 Å². The number of carbonyl (C=O) groups is 3. The fourth-order valence-electron chi connectivity index (χ4n) is 3.17. The first-order valence-electron chi connectivity index (χ1n) is 8.18. The number of aryl methyl sites for hydroxylation is 1. The van der Waals surface area contributed by atoms with Crippen LogP contribution in [0.3, 0.4) is 0 Å². The highest BCUT2D eigenvalue weighted by atomic mass is 32.2. The lowest BCUT2D eigenvalue weighted by Gasteiger charge is -2.22. The van der Waals surface area contributed by atoms with Gasteiger partial charge in [0.05, 0.1) is 17.4 Å². The summed E-state index contributed by atoms with van der Waals surface area (Å²) in [6, 6.07) is 4.49. The van der Waals surface area contributed by atoms with Crippen molar-refractivity contribution in [3.05, 3.63) is 35.4 Å². The van der Waals surface area contributed by atoms with Crippen molar-refractivity contribution in [3.63, 3.8) is 0 Å². The normalized spacial score (nSPS) is 21.0. The van der Waals surface area contributed by atoms with Crippen molar-refractivity contribution in [3.8, 4) is 0 Å². The summed E-state index contributed by atoms with van der Waals surface area (Å²) >= 11 is 0.974. The highest BCUT2D eigenvalue weighted by Crippen LogP contribution is 2.29. The van der Waals surface area contributed by atoms with Crippen molar-refractivity contribution in [2.24, 2.45) is 0 Å². The van der Waals surface area contributed by atoms with Crippen LogP contribution in [0.25, 0.3) is 0 Å². The average Bonchev–Trinajstić information content (AvgIpc) is 3.19. The molecule has 2 saturated heterocycles. The number of amides is 3. The smallest absolute Gasteiger partial charge is 0.341 e. The molecule has 2 aliphatic heterocycles. The zero-order valence-electron chi connectivity index (χ0n) is 13.8. The Bertz CT molecular complexity index is 705. The Hall–Kier alpha value is -2.03. The summed E-state index contributed by atoms with van der Waals surface area (Å²) in [6.45, 7) is 0.794. The summed E-state index contributed by atoms with van der Waals surface area (Å²) in [7, 11) is 0. The molecule has 0 radical (unpaired) electrons. The molecule has 3 rings (SSSR count). The van der Waals surface area contributed by atoms with Gasteiger partial charge in [-0.25, -0.2) is 0 Å². The second-order valence-electron chi connectivity index (χ2n) is 6.30. The number of hydrogen-bond donors (Lipinski definition) is 0. The molecule has 3 amide bonds. The number of alkyl halides is 3. The predicted octanol–water partition coefficient (Wildman–Crippen LogP) is 2.93. The first kappa shape index (κ1) is 18.8. The minimum absolute atomic E-state index is 0.126. The van der Waals surface area contributed by atoms with Crippen molar-refractivity contribution in [2.75, 3.05) is 18.8 Å². The molecule has 0 aliphatic carbocycles. The maximum Gasteiger partial charge on any atom is 0.416 e. The zero-order chi connectivity index (χ0) is 18.9. The topological polar surface area (TPSA) is 57.7 Å². The van der Waals surface area contributed by atoms with Gasteiger partial charge in [0.25, 0.3) is 5.24 Å². The molecule has 1 aromatic carbocycles. The Labute approximate surface area is 152 Å². The van der Waals surface area contributed by atoms with Crippen molar-refractivity contribution >= 4 is 28.8 Å². The van der Waals surface area contributed by atoms with Crippen LogP contribution in [0.5, 0.6) is 0 Å². The molecule has 2 fully saturated rings. The highest BCUT2D eigenvalue weighted by molar-refractivity contribution is 8.14. The van der Waals surface area contributed by atoms with Crippen LogP contribution in [-0.4, -0.2) is 51.7 Å². The summed E-state index contributed by atoms with van der Waals surface area (Å²) in [5.74, 6) is -0.194. The van der Waals surface area contributed by atoms with Crippen LogP contribution in [0.15, 0.2) is 24.3 Å². The largest absolute Gasteiger partial charge is 0.416 e. The van der Waals surface area contributed by atoms with Gasteiger partial charge in [-0.05, 0) is 30.5 Å². The Morgan fingerprint density at radius 1 is 1.19 bits per heavy atom. The van der Waals surface area contributed by atoms with E-state index in [9.17, 15) is 27.6 Å². The quantitative estimate of drug-likeness (QED) is 0.799. The van der Waals surface area contributed by atoms with Crippen LogP contribution in [0.1, 0.15) is 24.0 Å². The molecule has 26 heavy (non-hydrogen) atoms. The summed E-state index contributed by atoms with van der Waals surface area (Å²) in [4.78, 5) is 38.7. The summed E-state index contributed by atoms with van der Waals surface area (Å²) in [6.07, 6.45) is -3.30. The van der Waals surface area contributed by atoms with Gasteiger partial charge in [-0.3, -0.25) is 19.3 Å². The van der Waals surface area contributed by atoms with E-state index < -0.39 is 11.7 Å². The molecular formula is C17H17F3N2O3S. The number of carbonyl (C=O) groups excluding carboxylic acids is 3. The van der Waals surface area contributed by atoms with Gasteiger partial charge in [0, 0.05) is 19.5 Å². The minimum atomic E-state index is -4.37. The van der Waals surface area contributed by atoms with E-state index in [-0.39, 0.29) is 35.3 Å². The van der Waals surface area contributed by atoms with Gasteiger partial charge < -0.3 is 4.90 Å². The lowest BCUT2D eigenvalue weighted by Crippen LogP contribution is -2.41. The van der Waals surface area contributed by atoms with Gasteiger partial charge in [0.1, 0.15) is 0 Å². The number of halogens is 3. The number of likely N-dealkylation sites (tertiary alicyclic amines) is 1. The lowest BCUT2D eigenvalue weighted by atomic mass is 10.1. The number of nitrogens with zero attached hydrogens (tertiary/aromatic N) is 2. The van der Waals surface area contributed by atoms with Crippen LogP contribution in [-0.2, 0) is 22.2 Å². The molecule has 0 bridgehead atoms. The van der Waals surface area contributed by atoms with Gasteiger partial charge >= 0.3 is 6.18 Å². The van der Waals surface area contributed by atoms with Gasteiger partial charge in [-0.1, -0.05) is 23.9 Å². The molecule has 0 N–H and O–H groups in total. The summed E-state index contributed by atoms with van der Waals surface area (Å²) in [5, 5.41) is -0.265. The molecule has 1 atom stereocenters. The predicted molar refractivity (Wildman–Crippen MR) is 89.5 cm³/mol. The average molecular weight is 386 g/mol. The van der Waals surface area contributed by atoms with Crippen molar-refractivity contribution in [2.45, 2.75) is 31.5 Å². The maximum atomic E-state index is 12.5. The number of hydrogen-bond acceptors (Lipinski definition) is 4. The first-order valence-corrected chi connectivity index (χ1v) is 9.17. The van der Waals surface area contributed by atoms with E-state index in [0.717, 1.165) is 23.9 Å². The highest BCUT2D eigenvalue weighted by Gasteiger charge is 2.40. The van der Waals surface area contributed by atoms with E-state index >= 15 is 0 Å². The van der Waals surface area contributed by atoms with Crippen LogP contribution in [0, 0.1) is 0 Å². The lowest BCUT2D eigenvalue weighted by molar-refractivity contribution is -0.137. The molecule has 9 heteroatoms. The standard InChI is InChI=1S/C17H17F3N2O3S/c18-17(19,20)12-4-1-11(2-5-12)3-6-14(23)21-8-7-13(9-21)22-15(24)10-26-16(22)25/h1-2,4-5,13H,3,6-10H2/t13-/m1/s1. The molecule has 0 aromatic heterocycles. The van der Waals surface area contributed by atoms with Crippen LogP contribution in [0.2, 0.25) is 0 Å². The van der Waals surface area contributed by atoms with Gasteiger partial charge in [0.15, 0.2) is 0 Å². The van der Waals surface area contributed by atoms with Crippen molar-refractivity contribution < 1.29 is 27.6 Å². The fraction of sp³-hybridized carbons (Fsp3) is 0.471. The number of thioether (sulfide) groups is 1. The number of rotatable bonds is 4. The first-order chi connectivity index (χ1) is 12.3. The SMILES string of the molecule is O=C(CCc1ccc(C(F)(F)F)cc1)N1CC[C@@H](N2C(=O)CSC2=O)C1. The Kier molecular flexibility index (Phi) is 5.27. The van der Waals surface area contributed by atoms with E-state index in [0.29, 0.717) is 31.5 Å². The molecule has 2 heterocycles. The maximum absolute atomic E-state index is 12.5. The Balaban J connectivity index is 1.51. The van der Waals surface area contributed by atoms with Crippen molar-refractivity contribution in [1.82, 2.24) is 9.80 Å². The molecular weight excluding hydrogens is 369 g/mol.